The maximum Gasteiger partial charge on any atom is 0.344 e. The number of esters is 2. The van der Waals surface area contributed by atoms with Crippen LogP contribution in [0.4, 0.5) is 0 Å². The summed E-state index contributed by atoms with van der Waals surface area (Å²) < 4.78 is 8.88. The molecule has 4 heteroatoms. The topological polar surface area (TPSA) is 52.6 Å². The highest BCUT2D eigenvalue weighted by molar-refractivity contribution is 5.76. The SMILES string of the molecule is COC(=O)COC(=O)CC(C)C. The average molecular weight is 174 g/mol. The van der Waals surface area contributed by atoms with Gasteiger partial charge in [-0.3, -0.25) is 4.79 Å². The molecule has 0 amide bonds. The Balaban J connectivity index is 3.51. The van der Waals surface area contributed by atoms with Gasteiger partial charge < -0.3 is 9.47 Å². The van der Waals surface area contributed by atoms with E-state index in [-0.39, 0.29) is 18.5 Å². The molecule has 4 nitrogen and oxygen atoms in total. The summed E-state index contributed by atoms with van der Waals surface area (Å²) in [5.74, 6) is -0.655. The van der Waals surface area contributed by atoms with E-state index in [4.69, 9.17) is 0 Å². The molecule has 0 N–H and O–H groups in total. The van der Waals surface area contributed by atoms with Gasteiger partial charge >= 0.3 is 11.9 Å². The Hall–Kier alpha value is -1.06. The van der Waals surface area contributed by atoms with Gasteiger partial charge in [0.2, 0.25) is 0 Å². The Morgan fingerprint density at radius 2 is 1.83 bits per heavy atom. The first-order valence-corrected chi connectivity index (χ1v) is 3.78. The van der Waals surface area contributed by atoms with Gasteiger partial charge in [-0.15, -0.1) is 0 Å². The molecule has 0 radical (unpaired) electrons. The monoisotopic (exact) mass is 174 g/mol. The number of rotatable bonds is 4. The lowest BCUT2D eigenvalue weighted by molar-refractivity contribution is -0.157. The molecule has 0 heterocycles. The van der Waals surface area contributed by atoms with E-state index >= 15 is 0 Å². The predicted octanol–water partition coefficient (Wildman–Crippen LogP) is 0.749. The zero-order chi connectivity index (χ0) is 9.56. The van der Waals surface area contributed by atoms with Crippen molar-refractivity contribution in [2.24, 2.45) is 5.92 Å². The molecule has 0 rings (SSSR count). The van der Waals surface area contributed by atoms with E-state index in [0.29, 0.717) is 6.42 Å². The van der Waals surface area contributed by atoms with Gasteiger partial charge in [0.05, 0.1) is 7.11 Å². The molecule has 0 aliphatic heterocycles. The van der Waals surface area contributed by atoms with Gasteiger partial charge in [-0.1, -0.05) is 13.8 Å². The van der Waals surface area contributed by atoms with Crippen LogP contribution in [0.5, 0.6) is 0 Å². The molecule has 0 aromatic heterocycles. The summed E-state index contributed by atoms with van der Waals surface area (Å²) in [5, 5.41) is 0. The van der Waals surface area contributed by atoms with Crippen LogP contribution in [-0.4, -0.2) is 25.7 Å². The Morgan fingerprint density at radius 3 is 2.25 bits per heavy atom. The normalized spacial score (nSPS) is 9.67. The highest BCUT2D eigenvalue weighted by Crippen LogP contribution is 2.00. The van der Waals surface area contributed by atoms with Crippen LogP contribution in [0.3, 0.4) is 0 Å². The Bertz CT molecular complexity index is 162. The van der Waals surface area contributed by atoms with Crippen molar-refractivity contribution in [3.8, 4) is 0 Å². The third-order valence-electron chi connectivity index (χ3n) is 1.15. The van der Waals surface area contributed by atoms with Gasteiger partial charge in [0, 0.05) is 6.42 Å². The van der Waals surface area contributed by atoms with Crippen LogP contribution in [0.15, 0.2) is 0 Å². The molecule has 0 saturated carbocycles. The zero-order valence-corrected chi connectivity index (χ0v) is 7.62. The smallest absolute Gasteiger partial charge is 0.344 e. The average Bonchev–Trinajstić information content (AvgIpc) is 1.99. The zero-order valence-electron chi connectivity index (χ0n) is 7.62. The molecule has 0 bridgehead atoms. The summed E-state index contributed by atoms with van der Waals surface area (Å²) in [5.41, 5.74) is 0. The maximum atomic E-state index is 10.8. The number of ether oxygens (including phenoxy) is 2. The second-order valence-electron chi connectivity index (χ2n) is 2.83. The van der Waals surface area contributed by atoms with Crippen molar-refractivity contribution in [2.75, 3.05) is 13.7 Å². The molecular weight excluding hydrogens is 160 g/mol. The molecule has 0 aliphatic rings. The van der Waals surface area contributed by atoms with Crippen LogP contribution < -0.4 is 0 Å². The van der Waals surface area contributed by atoms with E-state index in [9.17, 15) is 9.59 Å². The Kier molecular flexibility index (Phi) is 5.08. The first-order valence-electron chi connectivity index (χ1n) is 3.78. The van der Waals surface area contributed by atoms with E-state index in [1.807, 2.05) is 13.8 Å². The molecule has 0 aromatic carbocycles. The van der Waals surface area contributed by atoms with Crippen molar-refractivity contribution in [2.45, 2.75) is 20.3 Å². The van der Waals surface area contributed by atoms with Crippen molar-refractivity contribution >= 4 is 11.9 Å². The molecule has 0 fully saturated rings. The predicted molar refractivity (Wildman–Crippen MR) is 42.4 cm³/mol. The van der Waals surface area contributed by atoms with Crippen molar-refractivity contribution in [1.82, 2.24) is 0 Å². The summed E-state index contributed by atoms with van der Waals surface area (Å²) in [6.45, 7) is 3.51. The highest BCUT2D eigenvalue weighted by atomic mass is 16.6. The van der Waals surface area contributed by atoms with Crippen molar-refractivity contribution in [1.29, 1.82) is 0 Å². The number of carbonyl (C=O) groups excluding carboxylic acids is 2. The molecule has 0 aromatic rings. The molecule has 0 unspecified atom stereocenters. The molecule has 0 atom stereocenters. The van der Waals surface area contributed by atoms with Crippen LogP contribution in [0, 0.1) is 5.92 Å². The number of methoxy groups -OCH3 is 1. The highest BCUT2D eigenvalue weighted by Gasteiger charge is 2.08. The summed E-state index contributed by atoms with van der Waals surface area (Å²) in [6.07, 6.45) is 0.330. The molecule has 0 aliphatic carbocycles. The van der Waals surface area contributed by atoms with Gasteiger partial charge in [-0.05, 0) is 5.92 Å². The van der Waals surface area contributed by atoms with Gasteiger partial charge in [0.1, 0.15) is 0 Å². The number of carbonyl (C=O) groups is 2. The fourth-order valence-corrected chi connectivity index (χ4v) is 0.591. The van der Waals surface area contributed by atoms with Gasteiger partial charge in [0.25, 0.3) is 0 Å². The quantitative estimate of drug-likeness (QED) is 0.590. The van der Waals surface area contributed by atoms with E-state index in [1.54, 1.807) is 0 Å². The lowest BCUT2D eigenvalue weighted by Crippen LogP contribution is -2.15. The molecular formula is C8H14O4. The summed E-state index contributed by atoms with van der Waals surface area (Å²) in [6, 6.07) is 0. The summed E-state index contributed by atoms with van der Waals surface area (Å²) in [7, 11) is 1.25. The first-order chi connectivity index (χ1) is 5.56. The summed E-state index contributed by atoms with van der Waals surface area (Å²) in [4.78, 5) is 21.3. The minimum absolute atomic E-state index is 0.246. The minimum Gasteiger partial charge on any atom is -0.466 e. The van der Waals surface area contributed by atoms with Crippen LogP contribution in [0.25, 0.3) is 0 Å². The maximum absolute atomic E-state index is 10.8. The van der Waals surface area contributed by atoms with Crippen molar-refractivity contribution < 1.29 is 19.1 Å². The number of hydrogen-bond acceptors (Lipinski definition) is 4. The third kappa shape index (κ3) is 5.70. The molecule has 70 valence electrons. The fraction of sp³-hybridized carbons (Fsp3) is 0.750. The standard InChI is InChI=1S/C8H14O4/c1-6(2)4-7(9)12-5-8(10)11-3/h6H,4-5H2,1-3H3. The second kappa shape index (κ2) is 5.57. The minimum atomic E-state index is -0.535. The Labute approximate surface area is 71.8 Å². The number of hydrogen-bond donors (Lipinski definition) is 0. The molecule has 12 heavy (non-hydrogen) atoms. The lowest BCUT2D eigenvalue weighted by Gasteiger charge is -2.04. The van der Waals surface area contributed by atoms with Gasteiger partial charge in [0.15, 0.2) is 6.61 Å². The van der Waals surface area contributed by atoms with Gasteiger partial charge in [-0.2, -0.15) is 0 Å². The van der Waals surface area contributed by atoms with E-state index < -0.39 is 5.97 Å². The largest absolute Gasteiger partial charge is 0.466 e. The van der Waals surface area contributed by atoms with Crippen molar-refractivity contribution in [3.05, 3.63) is 0 Å². The van der Waals surface area contributed by atoms with E-state index in [0.717, 1.165) is 0 Å². The lowest BCUT2D eigenvalue weighted by atomic mass is 10.1. The molecule has 0 spiro atoms. The van der Waals surface area contributed by atoms with E-state index in [1.165, 1.54) is 7.11 Å². The Morgan fingerprint density at radius 1 is 1.25 bits per heavy atom. The van der Waals surface area contributed by atoms with Crippen LogP contribution in [0.1, 0.15) is 20.3 Å². The van der Waals surface area contributed by atoms with Gasteiger partial charge in [-0.25, -0.2) is 4.79 Å². The van der Waals surface area contributed by atoms with Crippen LogP contribution in [-0.2, 0) is 19.1 Å². The van der Waals surface area contributed by atoms with Crippen molar-refractivity contribution in [3.63, 3.8) is 0 Å². The third-order valence-corrected chi connectivity index (χ3v) is 1.15. The second-order valence-corrected chi connectivity index (χ2v) is 2.83. The fourth-order valence-electron chi connectivity index (χ4n) is 0.591. The van der Waals surface area contributed by atoms with Crippen LogP contribution in [0.2, 0.25) is 0 Å². The van der Waals surface area contributed by atoms with Crippen LogP contribution >= 0.6 is 0 Å². The first kappa shape index (κ1) is 10.9. The molecule has 0 saturated heterocycles. The van der Waals surface area contributed by atoms with E-state index in [2.05, 4.69) is 9.47 Å². The summed E-state index contributed by atoms with van der Waals surface area (Å²) >= 11 is 0.